The minimum atomic E-state index is -0.382. The first-order valence-electron chi connectivity index (χ1n) is 16.9. The van der Waals surface area contributed by atoms with Crippen LogP contribution < -0.4 is 15.4 Å². The molecule has 0 aromatic heterocycles. The number of likely N-dealkylation sites (N-methyl/N-ethyl adjacent to an activating group) is 1. The molecule has 0 saturated heterocycles. The molecule has 0 unspecified atom stereocenters. The summed E-state index contributed by atoms with van der Waals surface area (Å²) in [7, 11) is 2.08. The lowest BCUT2D eigenvalue weighted by atomic mass is 10.0. The normalized spacial score (nSPS) is 17.0. The van der Waals surface area contributed by atoms with Crippen molar-refractivity contribution in [3.63, 3.8) is 0 Å². The Kier molecular flexibility index (Phi) is 10.6. The highest BCUT2D eigenvalue weighted by Crippen LogP contribution is 2.30. The number of carbonyl (C=O) groups is 2. The topological polar surface area (TPSA) is 94.1 Å². The molecular formula is C41H44N4O4. The Balaban J connectivity index is 1.19. The van der Waals surface area contributed by atoms with Crippen molar-refractivity contribution in [3.05, 3.63) is 126 Å². The highest BCUT2D eigenvalue weighted by Gasteiger charge is 2.31. The zero-order chi connectivity index (χ0) is 34.3. The Morgan fingerprint density at radius 3 is 2.41 bits per heavy atom. The summed E-state index contributed by atoms with van der Waals surface area (Å²) in [5.41, 5.74) is 5.50. The quantitative estimate of drug-likeness (QED) is 0.153. The molecule has 5 aromatic carbocycles. The molecule has 0 radical (unpaired) electrons. The van der Waals surface area contributed by atoms with Gasteiger partial charge in [-0.25, -0.2) is 4.79 Å². The van der Waals surface area contributed by atoms with Crippen LogP contribution >= 0.6 is 0 Å². The van der Waals surface area contributed by atoms with Gasteiger partial charge in [-0.3, -0.25) is 9.69 Å². The number of nitrogens with zero attached hydrogens (tertiary/aromatic N) is 2. The van der Waals surface area contributed by atoms with Crippen LogP contribution in [0, 0.1) is 5.92 Å². The smallest absolute Gasteiger partial charge is 0.323 e. The number of aliphatic hydroxyl groups is 1. The molecule has 3 atom stereocenters. The monoisotopic (exact) mass is 656 g/mol. The molecule has 0 spiro atoms. The third-order valence-corrected chi connectivity index (χ3v) is 9.22. The van der Waals surface area contributed by atoms with Crippen LogP contribution in [0.4, 0.5) is 16.2 Å². The molecule has 252 valence electrons. The number of amides is 3. The lowest BCUT2D eigenvalue weighted by Crippen LogP contribution is -2.47. The fourth-order valence-electron chi connectivity index (χ4n) is 6.46. The summed E-state index contributed by atoms with van der Waals surface area (Å²) in [6, 6.07) is 37.4. The van der Waals surface area contributed by atoms with E-state index < -0.39 is 0 Å². The second-order valence-corrected chi connectivity index (χ2v) is 13.1. The van der Waals surface area contributed by atoms with Crippen molar-refractivity contribution in [2.75, 3.05) is 37.4 Å². The summed E-state index contributed by atoms with van der Waals surface area (Å²) in [6.07, 6.45) is -0.150. The molecule has 3 N–H and O–H groups in total. The van der Waals surface area contributed by atoms with E-state index in [2.05, 4.69) is 65.9 Å². The van der Waals surface area contributed by atoms with Crippen LogP contribution in [0.15, 0.2) is 115 Å². The van der Waals surface area contributed by atoms with Gasteiger partial charge in [-0.2, -0.15) is 0 Å². The maximum atomic E-state index is 13.7. The molecule has 1 aliphatic heterocycles. The number of hydrogen-bond acceptors (Lipinski definition) is 5. The highest BCUT2D eigenvalue weighted by atomic mass is 16.5. The molecule has 1 aliphatic rings. The third kappa shape index (κ3) is 8.28. The van der Waals surface area contributed by atoms with Gasteiger partial charge in [-0.1, -0.05) is 97.9 Å². The van der Waals surface area contributed by atoms with E-state index in [-0.39, 0.29) is 43.0 Å². The molecule has 8 nitrogen and oxygen atoms in total. The van der Waals surface area contributed by atoms with Gasteiger partial charge in [0.05, 0.1) is 24.8 Å². The Morgan fingerprint density at radius 2 is 1.63 bits per heavy atom. The molecule has 5 aromatic rings. The number of ether oxygens (including phenoxy) is 1. The van der Waals surface area contributed by atoms with E-state index >= 15 is 0 Å². The maximum absolute atomic E-state index is 13.7. The average Bonchev–Trinajstić information content (AvgIpc) is 3.15. The number of urea groups is 1. The minimum absolute atomic E-state index is 0.0175. The number of hydrogen-bond donors (Lipinski definition) is 3. The number of nitrogens with one attached hydrogen (secondary N) is 2. The molecule has 49 heavy (non-hydrogen) atoms. The van der Waals surface area contributed by atoms with E-state index in [0.717, 1.165) is 17.3 Å². The molecule has 0 fully saturated rings. The Morgan fingerprint density at radius 1 is 0.918 bits per heavy atom. The van der Waals surface area contributed by atoms with E-state index in [9.17, 15) is 14.7 Å². The van der Waals surface area contributed by atoms with E-state index in [1.165, 1.54) is 16.7 Å². The minimum Gasteiger partial charge on any atom is -0.488 e. The zero-order valence-corrected chi connectivity index (χ0v) is 28.3. The van der Waals surface area contributed by atoms with Crippen LogP contribution in [0.2, 0.25) is 0 Å². The summed E-state index contributed by atoms with van der Waals surface area (Å²) in [5.74, 6) is 0.503. The van der Waals surface area contributed by atoms with E-state index in [1.54, 1.807) is 11.0 Å². The third-order valence-electron chi connectivity index (χ3n) is 9.22. The van der Waals surface area contributed by atoms with Crippen molar-refractivity contribution in [2.24, 2.45) is 5.92 Å². The number of anilines is 2. The van der Waals surface area contributed by atoms with Crippen molar-refractivity contribution in [1.82, 2.24) is 9.80 Å². The molecule has 8 heteroatoms. The van der Waals surface area contributed by atoms with Crippen molar-refractivity contribution in [1.29, 1.82) is 0 Å². The van der Waals surface area contributed by atoms with Crippen LogP contribution in [-0.2, 0) is 17.8 Å². The van der Waals surface area contributed by atoms with Gasteiger partial charge in [0.2, 0.25) is 5.91 Å². The lowest BCUT2D eigenvalue weighted by molar-refractivity contribution is -0.134. The van der Waals surface area contributed by atoms with Crippen molar-refractivity contribution >= 4 is 34.1 Å². The molecule has 1 heterocycles. The summed E-state index contributed by atoms with van der Waals surface area (Å²) < 4.78 is 6.72. The van der Waals surface area contributed by atoms with E-state index in [1.807, 2.05) is 79.7 Å². The first kappa shape index (κ1) is 33.7. The molecule has 0 saturated carbocycles. The molecular weight excluding hydrogens is 612 g/mol. The second kappa shape index (κ2) is 15.4. The Hall–Kier alpha value is -5.18. The van der Waals surface area contributed by atoms with Gasteiger partial charge in [0.1, 0.15) is 11.9 Å². The molecule has 0 bridgehead atoms. The van der Waals surface area contributed by atoms with Gasteiger partial charge in [0.15, 0.2) is 0 Å². The van der Waals surface area contributed by atoms with Crippen molar-refractivity contribution in [3.8, 4) is 16.9 Å². The summed E-state index contributed by atoms with van der Waals surface area (Å²) in [4.78, 5) is 30.8. The largest absolute Gasteiger partial charge is 0.488 e. The number of benzene rings is 5. The van der Waals surface area contributed by atoms with Gasteiger partial charge in [-0.05, 0) is 60.3 Å². The first-order chi connectivity index (χ1) is 23.8. The predicted octanol–water partition coefficient (Wildman–Crippen LogP) is 7.43. The van der Waals surface area contributed by atoms with Crippen LogP contribution in [0.3, 0.4) is 0 Å². The Bertz CT molecular complexity index is 1890. The summed E-state index contributed by atoms with van der Waals surface area (Å²) >= 11 is 0. The molecule has 6 rings (SSSR count). The van der Waals surface area contributed by atoms with E-state index in [4.69, 9.17) is 4.74 Å². The number of aliphatic hydroxyl groups excluding tert-OH is 1. The fraction of sp³-hybridized carbons (Fsp3) is 0.268. The van der Waals surface area contributed by atoms with Gasteiger partial charge in [0, 0.05) is 42.2 Å². The van der Waals surface area contributed by atoms with Gasteiger partial charge in [0.25, 0.3) is 0 Å². The molecule has 0 aliphatic carbocycles. The highest BCUT2D eigenvalue weighted by molar-refractivity contribution is 6.06. The zero-order valence-electron chi connectivity index (χ0n) is 28.3. The van der Waals surface area contributed by atoms with Gasteiger partial charge >= 0.3 is 6.03 Å². The summed E-state index contributed by atoms with van der Waals surface area (Å²) in [6.45, 7) is 5.64. The maximum Gasteiger partial charge on any atom is 0.323 e. The van der Waals surface area contributed by atoms with Crippen LogP contribution in [0.25, 0.3) is 21.9 Å². The SMILES string of the molecule is C[C@@H]1CN([C@@H](C)CO)C(=O)Cc2cc(NC(=O)Nc3cccc4ccccc34)ccc2O[C@@H]1CN(C)Cc1ccc(-c2ccccc2)cc1. The number of rotatable bonds is 9. The lowest BCUT2D eigenvalue weighted by Gasteiger charge is -2.34. The number of fused-ring (bicyclic) bond motifs is 2. The fourth-order valence-corrected chi connectivity index (χ4v) is 6.46. The Labute approximate surface area is 288 Å². The standard InChI is InChI=1S/C41H44N4O4/c1-28-24-45(29(2)27-46)40(47)23-34-22-35(42-41(48)43-37-15-9-13-33-12-7-8-14-36(33)37)20-21-38(34)49-39(28)26-44(3)25-30-16-18-32(19-17-30)31-10-5-4-6-11-31/h4-22,28-29,39,46H,23-27H2,1-3H3,(H2,42,43,48)/t28-,29+,39-/m1/s1. The van der Waals surface area contributed by atoms with Crippen LogP contribution in [0.5, 0.6) is 5.75 Å². The average molecular weight is 657 g/mol. The second-order valence-electron chi connectivity index (χ2n) is 13.1. The van der Waals surface area contributed by atoms with Crippen LogP contribution in [0.1, 0.15) is 25.0 Å². The van der Waals surface area contributed by atoms with Gasteiger partial charge < -0.3 is 25.4 Å². The van der Waals surface area contributed by atoms with Crippen LogP contribution in [-0.4, -0.2) is 65.7 Å². The number of carbonyl (C=O) groups excluding carboxylic acids is 2. The van der Waals surface area contributed by atoms with E-state index in [0.29, 0.717) is 35.8 Å². The van der Waals surface area contributed by atoms with Gasteiger partial charge in [-0.15, -0.1) is 0 Å². The van der Waals surface area contributed by atoms with Crippen molar-refractivity contribution < 1.29 is 19.4 Å². The van der Waals surface area contributed by atoms with Crippen molar-refractivity contribution in [2.45, 2.75) is 39.0 Å². The first-order valence-corrected chi connectivity index (χ1v) is 16.9. The predicted molar refractivity (Wildman–Crippen MR) is 197 cm³/mol. The summed E-state index contributed by atoms with van der Waals surface area (Å²) in [5, 5.41) is 17.9. The molecule has 3 amide bonds.